The molecule has 20 heavy (non-hydrogen) atoms. The number of nitrogens with zero attached hydrogens (tertiary/aromatic N) is 1. The number of rotatable bonds is 1. The Morgan fingerprint density at radius 2 is 1.95 bits per heavy atom. The van der Waals surface area contributed by atoms with Gasteiger partial charge in [-0.05, 0) is 43.4 Å². The Bertz CT molecular complexity index is 435. The van der Waals surface area contributed by atoms with Crippen LogP contribution in [0, 0.1) is 28.1 Å². The lowest BCUT2D eigenvalue weighted by Crippen LogP contribution is -2.61. The minimum Gasteiger partial charge on any atom is -0.388 e. The van der Waals surface area contributed by atoms with E-state index in [1.807, 2.05) is 0 Å². The SMILES string of the molecule is CC(C)(C)C1CCCCC1(O)C1(C#N)CC2CCC1O2. The van der Waals surface area contributed by atoms with Crippen LogP contribution < -0.4 is 0 Å². The molecule has 3 nitrogen and oxygen atoms in total. The van der Waals surface area contributed by atoms with Gasteiger partial charge in [-0.15, -0.1) is 0 Å². The zero-order valence-corrected chi connectivity index (χ0v) is 13.0. The number of fused-ring (bicyclic) bond motifs is 2. The van der Waals surface area contributed by atoms with E-state index in [1.54, 1.807) is 0 Å². The molecule has 2 heterocycles. The van der Waals surface area contributed by atoms with Crippen LogP contribution in [0.4, 0.5) is 0 Å². The highest BCUT2D eigenvalue weighted by Crippen LogP contribution is 2.61. The first-order valence-corrected chi connectivity index (χ1v) is 8.12. The highest BCUT2D eigenvalue weighted by Gasteiger charge is 2.67. The maximum atomic E-state index is 11.6. The molecule has 3 aliphatic rings. The van der Waals surface area contributed by atoms with Crippen molar-refractivity contribution in [3.8, 4) is 6.07 Å². The van der Waals surface area contributed by atoms with Crippen molar-refractivity contribution in [3.63, 3.8) is 0 Å². The van der Waals surface area contributed by atoms with E-state index in [-0.39, 0.29) is 23.5 Å². The Labute approximate surface area is 122 Å². The third-order valence-corrected chi connectivity index (χ3v) is 6.10. The molecule has 3 heteroatoms. The van der Waals surface area contributed by atoms with Crippen LogP contribution in [0.1, 0.15) is 65.7 Å². The van der Waals surface area contributed by atoms with Crippen molar-refractivity contribution >= 4 is 0 Å². The number of nitriles is 1. The first-order chi connectivity index (χ1) is 9.33. The van der Waals surface area contributed by atoms with Crippen molar-refractivity contribution in [2.24, 2.45) is 16.7 Å². The molecule has 1 saturated carbocycles. The fourth-order valence-corrected chi connectivity index (χ4v) is 5.22. The average Bonchev–Trinajstić information content (AvgIpc) is 2.98. The van der Waals surface area contributed by atoms with Crippen molar-refractivity contribution in [1.82, 2.24) is 0 Å². The molecule has 2 saturated heterocycles. The van der Waals surface area contributed by atoms with Gasteiger partial charge in [0.1, 0.15) is 5.41 Å². The molecule has 3 rings (SSSR count). The molecule has 1 N–H and O–H groups in total. The van der Waals surface area contributed by atoms with E-state index in [2.05, 4.69) is 26.8 Å². The third-order valence-electron chi connectivity index (χ3n) is 6.10. The second-order valence-corrected chi connectivity index (χ2v) is 8.20. The van der Waals surface area contributed by atoms with Crippen molar-refractivity contribution in [2.45, 2.75) is 83.5 Å². The minimum absolute atomic E-state index is 0.0286. The first-order valence-electron chi connectivity index (χ1n) is 8.12. The Hall–Kier alpha value is -0.590. The number of aliphatic hydroxyl groups is 1. The first kappa shape index (κ1) is 14.4. The van der Waals surface area contributed by atoms with Crippen LogP contribution in [-0.2, 0) is 4.74 Å². The van der Waals surface area contributed by atoms with Gasteiger partial charge < -0.3 is 9.84 Å². The molecule has 5 unspecified atom stereocenters. The fourth-order valence-electron chi connectivity index (χ4n) is 5.22. The standard InChI is InChI=1S/C17H27NO2/c1-15(2,3)13-6-4-5-9-17(13,19)16(11-18)10-12-7-8-14(16)20-12/h12-14,19H,4-10H2,1-3H3. The van der Waals surface area contributed by atoms with Gasteiger partial charge in [0.05, 0.1) is 23.9 Å². The predicted octanol–water partition coefficient (Wildman–Crippen LogP) is 3.42. The molecule has 2 aliphatic heterocycles. The topological polar surface area (TPSA) is 53.2 Å². The summed E-state index contributed by atoms with van der Waals surface area (Å²) in [4.78, 5) is 0. The highest BCUT2D eigenvalue weighted by atomic mass is 16.5. The molecule has 112 valence electrons. The van der Waals surface area contributed by atoms with E-state index in [9.17, 15) is 10.4 Å². The summed E-state index contributed by atoms with van der Waals surface area (Å²) in [5, 5.41) is 21.6. The molecule has 5 atom stereocenters. The summed E-state index contributed by atoms with van der Waals surface area (Å²) in [6.07, 6.45) is 6.87. The molecule has 0 aromatic heterocycles. The largest absolute Gasteiger partial charge is 0.388 e. The van der Waals surface area contributed by atoms with E-state index in [4.69, 9.17) is 4.74 Å². The van der Waals surface area contributed by atoms with Crippen LogP contribution in [0.3, 0.4) is 0 Å². The summed E-state index contributed by atoms with van der Waals surface area (Å²) >= 11 is 0. The smallest absolute Gasteiger partial charge is 0.115 e. The van der Waals surface area contributed by atoms with Crippen molar-refractivity contribution in [2.75, 3.05) is 0 Å². The molecular formula is C17H27NO2. The zero-order chi connectivity index (χ0) is 14.6. The van der Waals surface area contributed by atoms with E-state index in [0.29, 0.717) is 0 Å². The van der Waals surface area contributed by atoms with E-state index in [1.165, 1.54) is 6.42 Å². The molecule has 0 aromatic rings. The maximum absolute atomic E-state index is 11.6. The van der Waals surface area contributed by atoms with Crippen molar-refractivity contribution in [3.05, 3.63) is 0 Å². The van der Waals surface area contributed by atoms with Crippen LogP contribution in [-0.4, -0.2) is 22.9 Å². The summed E-state index contributed by atoms with van der Waals surface area (Å²) < 4.78 is 5.98. The van der Waals surface area contributed by atoms with Gasteiger partial charge in [0.2, 0.25) is 0 Å². The maximum Gasteiger partial charge on any atom is 0.115 e. The Morgan fingerprint density at radius 1 is 1.20 bits per heavy atom. The lowest BCUT2D eigenvalue weighted by atomic mass is 9.51. The number of hydrogen-bond acceptors (Lipinski definition) is 3. The van der Waals surface area contributed by atoms with Gasteiger partial charge in [-0.25, -0.2) is 0 Å². The highest BCUT2D eigenvalue weighted by molar-refractivity contribution is 5.23. The molecule has 1 aliphatic carbocycles. The Morgan fingerprint density at radius 3 is 2.45 bits per heavy atom. The van der Waals surface area contributed by atoms with Gasteiger partial charge in [-0.1, -0.05) is 33.6 Å². The van der Waals surface area contributed by atoms with Gasteiger partial charge in [-0.3, -0.25) is 0 Å². The van der Waals surface area contributed by atoms with Gasteiger partial charge in [-0.2, -0.15) is 5.26 Å². The predicted molar refractivity (Wildman–Crippen MR) is 76.9 cm³/mol. The zero-order valence-electron chi connectivity index (χ0n) is 13.0. The van der Waals surface area contributed by atoms with Gasteiger partial charge in [0.15, 0.2) is 0 Å². The quantitative estimate of drug-likeness (QED) is 0.799. The third kappa shape index (κ3) is 1.77. The van der Waals surface area contributed by atoms with Crippen LogP contribution in [0.2, 0.25) is 0 Å². The normalized spacial score (nSPS) is 48.2. The lowest BCUT2D eigenvalue weighted by Gasteiger charge is -2.54. The monoisotopic (exact) mass is 277 g/mol. The van der Waals surface area contributed by atoms with E-state index < -0.39 is 11.0 Å². The van der Waals surface area contributed by atoms with Crippen LogP contribution >= 0.6 is 0 Å². The average molecular weight is 277 g/mol. The van der Waals surface area contributed by atoms with Gasteiger partial charge in [0.25, 0.3) is 0 Å². The summed E-state index contributed by atoms with van der Waals surface area (Å²) in [6, 6.07) is 2.55. The minimum atomic E-state index is -0.877. The van der Waals surface area contributed by atoms with Gasteiger partial charge >= 0.3 is 0 Å². The van der Waals surface area contributed by atoms with E-state index in [0.717, 1.165) is 38.5 Å². The van der Waals surface area contributed by atoms with Crippen LogP contribution in [0.25, 0.3) is 0 Å². The molecule has 3 fully saturated rings. The Balaban J connectivity index is 2.02. The molecule has 0 radical (unpaired) electrons. The molecule has 0 amide bonds. The van der Waals surface area contributed by atoms with Crippen LogP contribution in [0.15, 0.2) is 0 Å². The molecular weight excluding hydrogens is 250 g/mol. The molecule has 0 aromatic carbocycles. The molecule has 2 bridgehead atoms. The lowest BCUT2D eigenvalue weighted by molar-refractivity contribution is -0.169. The fraction of sp³-hybridized carbons (Fsp3) is 0.941. The van der Waals surface area contributed by atoms with E-state index >= 15 is 0 Å². The van der Waals surface area contributed by atoms with Crippen molar-refractivity contribution in [1.29, 1.82) is 5.26 Å². The summed E-state index contributed by atoms with van der Waals surface area (Å²) in [5.41, 5.74) is -1.52. The Kier molecular flexibility index (Phi) is 3.19. The van der Waals surface area contributed by atoms with Gasteiger partial charge in [0, 0.05) is 0 Å². The second-order valence-electron chi connectivity index (χ2n) is 8.20. The number of hydrogen-bond donors (Lipinski definition) is 1. The van der Waals surface area contributed by atoms with Crippen molar-refractivity contribution < 1.29 is 9.84 Å². The molecule has 0 spiro atoms. The summed E-state index contributed by atoms with van der Waals surface area (Å²) in [5.74, 6) is 0.186. The summed E-state index contributed by atoms with van der Waals surface area (Å²) in [7, 11) is 0. The summed E-state index contributed by atoms with van der Waals surface area (Å²) in [6.45, 7) is 6.60. The second kappa shape index (κ2) is 4.45. The van der Waals surface area contributed by atoms with Crippen LogP contribution in [0.5, 0.6) is 0 Å². The number of ether oxygens (including phenoxy) is 1.